The number of amides is 2. The Kier molecular flexibility index (Phi) is 7.68. The molecule has 0 aromatic heterocycles. The van der Waals surface area contributed by atoms with Crippen LogP contribution < -0.4 is 10.6 Å². The van der Waals surface area contributed by atoms with Gasteiger partial charge < -0.3 is 15.7 Å². The van der Waals surface area contributed by atoms with Gasteiger partial charge in [-0.1, -0.05) is 12.1 Å². The van der Waals surface area contributed by atoms with Crippen molar-refractivity contribution in [3.8, 4) is 0 Å². The van der Waals surface area contributed by atoms with Gasteiger partial charge in [-0.15, -0.1) is 0 Å². The highest BCUT2D eigenvalue weighted by Gasteiger charge is 2.18. The molecule has 6 heteroatoms. The van der Waals surface area contributed by atoms with Gasteiger partial charge in [0.05, 0.1) is 12.1 Å². The highest BCUT2D eigenvalue weighted by molar-refractivity contribution is 5.79. The molecule has 1 rings (SSSR count). The van der Waals surface area contributed by atoms with Crippen LogP contribution in [0.5, 0.6) is 0 Å². The lowest BCUT2D eigenvalue weighted by molar-refractivity contribution is -0.123. The SMILES string of the molecule is CC(C)NC(=O)CCCC(=O)NC(C)C(O)c1ccc(F)cc1. The first-order valence-electron chi connectivity index (χ1n) is 7.82. The summed E-state index contributed by atoms with van der Waals surface area (Å²) in [5, 5.41) is 15.6. The highest BCUT2D eigenvalue weighted by Crippen LogP contribution is 2.17. The molecule has 5 nitrogen and oxygen atoms in total. The minimum Gasteiger partial charge on any atom is -0.386 e. The number of hydrogen-bond donors (Lipinski definition) is 3. The molecule has 0 aliphatic heterocycles. The summed E-state index contributed by atoms with van der Waals surface area (Å²) in [5.74, 6) is -0.680. The molecule has 0 saturated carbocycles. The predicted molar refractivity (Wildman–Crippen MR) is 86.1 cm³/mol. The average molecular weight is 324 g/mol. The summed E-state index contributed by atoms with van der Waals surface area (Å²) in [7, 11) is 0. The lowest BCUT2D eigenvalue weighted by atomic mass is 10.0. The van der Waals surface area contributed by atoms with Crippen molar-refractivity contribution in [3.63, 3.8) is 0 Å². The maximum Gasteiger partial charge on any atom is 0.220 e. The number of halogens is 1. The van der Waals surface area contributed by atoms with Gasteiger partial charge in [-0.25, -0.2) is 4.39 Å². The zero-order chi connectivity index (χ0) is 17.4. The molecule has 2 amide bonds. The molecular weight excluding hydrogens is 299 g/mol. The first-order chi connectivity index (χ1) is 10.8. The number of hydrogen-bond acceptors (Lipinski definition) is 3. The third-order valence-electron chi connectivity index (χ3n) is 3.33. The van der Waals surface area contributed by atoms with Crippen LogP contribution in [0, 0.1) is 5.82 Å². The third-order valence-corrected chi connectivity index (χ3v) is 3.33. The van der Waals surface area contributed by atoms with E-state index in [1.165, 1.54) is 24.3 Å². The average Bonchev–Trinajstić information content (AvgIpc) is 2.46. The summed E-state index contributed by atoms with van der Waals surface area (Å²) in [6.45, 7) is 5.43. The van der Waals surface area contributed by atoms with Gasteiger partial charge in [0.2, 0.25) is 11.8 Å². The second kappa shape index (κ2) is 9.25. The van der Waals surface area contributed by atoms with Crippen LogP contribution in [-0.2, 0) is 9.59 Å². The van der Waals surface area contributed by atoms with Gasteiger partial charge in [-0.3, -0.25) is 9.59 Å². The van der Waals surface area contributed by atoms with Crippen LogP contribution >= 0.6 is 0 Å². The zero-order valence-electron chi connectivity index (χ0n) is 13.8. The highest BCUT2D eigenvalue weighted by atomic mass is 19.1. The van der Waals surface area contributed by atoms with E-state index in [1.54, 1.807) is 6.92 Å². The molecule has 3 N–H and O–H groups in total. The van der Waals surface area contributed by atoms with Gasteiger partial charge in [0, 0.05) is 18.9 Å². The third kappa shape index (κ3) is 7.23. The van der Waals surface area contributed by atoms with Crippen molar-refractivity contribution < 1.29 is 19.1 Å². The largest absolute Gasteiger partial charge is 0.386 e. The van der Waals surface area contributed by atoms with E-state index in [9.17, 15) is 19.1 Å². The Hall–Kier alpha value is -1.95. The van der Waals surface area contributed by atoms with Crippen LogP contribution in [-0.4, -0.2) is 29.0 Å². The molecule has 0 heterocycles. The Morgan fingerprint density at radius 1 is 1.04 bits per heavy atom. The number of benzene rings is 1. The van der Waals surface area contributed by atoms with E-state index < -0.39 is 12.1 Å². The molecule has 128 valence electrons. The van der Waals surface area contributed by atoms with Crippen LogP contribution in [0.2, 0.25) is 0 Å². The molecule has 1 aromatic rings. The zero-order valence-corrected chi connectivity index (χ0v) is 13.8. The van der Waals surface area contributed by atoms with Gasteiger partial charge in [-0.05, 0) is 44.9 Å². The fraction of sp³-hybridized carbons (Fsp3) is 0.529. The van der Waals surface area contributed by atoms with Crippen LogP contribution in [0.25, 0.3) is 0 Å². The van der Waals surface area contributed by atoms with E-state index in [4.69, 9.17) is 0 Å². The van der Waals surface area contributed by atoms with Crippen molar-refractivity contribution in [2.45, 2.75) is 58.2 Å². The van der Waals surface area contributed by atoms with Crippen LogP contribution in [0.1, 0.15) is 51.7 Å². The molecule has 23 heavy (non-hydrogen) atoms. The van der Waals surface area contributed by atoms with E-state index in [0.29, 0.717) is 18.4 Å². The van der Waals surface area contributed by atoms with Crippen molar-refractivity contribution in [3.05, 3.63) is 35.6 Å². The summed E-state index contributed by atoms with van der Waals surface area (Å²) in [6.07, 6.45) is 0.0414. The Morgan fingerprint density at radius 2 is 1.57 bits per heavy atom. The van der Waals surface area contributed by atoms with Gasteiger partial charge in [-0.2, -0.15) is 0 Å². The van der Waals surface area contributed by atoms with E-state index in [1.807, 2.05) is 13.8 Å². The maximum atomic E-state index is 12.9. The molecule has 0 aliphatic carbocycles. The number of aliphatic hydroxyl groups is 1. The molecule has 1 aromatic carbocycles. The topological polar surface area (TPSA) is 78.4 Å². The first-order valence-corrected chi connectivity index (χ1v) is 7.82. The fourth-order valence-corrected chi connectivity index (χ4v) is 2.16. The Bertz CT molecular complexity index is 517. The standard InChI is InChI=1S/C17H25FN2O3/c1-11(2)19-15(21)5-4-6-16(22)20-12(3)17(23)13-7-9-14(18)10-8-13/h7-12,17,23H,4-6H2,1-3H3,(H,19,21)(H,20,22). The van der Waals surface area contributed by atoms with E-state index >= 15 is 0 Å². The second-order valence-electron chi connectivity index (χ2n) is 5.93. The lowest BCUT2D eigenvalue weighted by Crippen LogP contribution is -2.37. The normalized spacial score (nSPS) is 13.5. The summed E-state index contributed by atoms with van der Waals surface area (Å²) in [5.41, 5.74) is 0.538. The van der Waals surface area contributed by atoms with E-state index in [-0.39, 0.29) is 30.1 Å². The van der Waals surface area contributed by atoms with Crippen LogP contribution in [0.3, 0.4) is 0 Å². The first kappa shape index (κ1) is 19.1. The van der Waals surface area contributed by atoms with Crippen molar-refractivity contribution >= 4 is 11.8 Å². The second-order valence-corrected chi connectivity index (χ2v) is 5.93. The summed E-state index contributed by atoms with van der Waals surface area (Å²) in [4.78, 5) is 23.3. The van der Waals surface area contributed by atoms with Crippen molar-refractivity contribution in [1.82, 2.24) is 10.6 Å². The van der Waals surface area contributed by atoms with Crippen LogP contribution in [0.4, 0.5) is 4.39 Å². The number of aliphatic hydroxyl groups excluding tert-OH is 1. The molecular formula is C17H25FN2O3. The van der Waals surface area contributed by atoms with Crippen molar-refractivity contribution in [2.24, 2.45) is 0 Å². The minimum absolute atomic E-state index is 0.0767. The van der Waals surface area contributed by atoms with Gasteiger partial charge in [0.1, 0.15) is 5.82 Å². The fourth-order valence-electron chi connectivity index (χ4n) is 2.16. The Morgan fingerprint density at radius 3 is 2.09 bits per heavy atom. The molecule has 2 atom stereocenters. The van der Waals surface area contributed by atoms with E-state index in [0.717, 1.165) is 0 Å². The number of nitrogens with one attached hydrogen (secondary N) is 2. The summed E-state index contributed by atoms with van der Waals surface area (Å²) < 4.78 is 12.9. The summed E-state index contributed by atoms with van der Waals surface area (Å²) >= 11 is 0. The number of rotatable bonds is 8. The van der Waals surface area contributed by atoms with E-state index in [2.05, 4.69) is 10.6 Å². The molecule has 0 bridgehead atoms. The van der Waals surface area contributed by atoms with Crippen molar-refractivity contribution in [2.75, 3.05) is 0 Å². The quantitative estimate of drug-likeness (QED) is 0.685. The monoisotopic (exact) mass is 324 g/mol. The summed E-state index contributed by atoms with van der Waals surface area (Å²) in [6, 6.07) is 5.08. The lowest BCUT2D eigenvalue weighted by Gasteiger charge is -2.20. The van der Waals surface area contributed by atoms with Crippen molar-refractivity contribution in [1.29, 1.82) is 0 Å². The molecule has 2 unspecified atom stereocenters. The molecule has 0 aliphatic rings. The minimum atomic E-state index is -0.913. The van der Waals surface area contributed by atoms with Gasteiger partial charge in [0.15, 0.2) is 0 Å². The number of carbonyl (C=O) groups is 2. The maximum absolute atomic E-state index is 12.9. The van der Waals surface area contributed by atoms with Gasteiger partial charge >= 0.3 is 0 Å². The Labute approximate surface area is 136 Å². The predicted octanol–water partition coefficient (Wildman–Crippen LogP) is 2.06. The van der Waals surface area contributed by atoms with Crippen LogP contribution in [0.15, 0.2) is 24.3 Å². The Balaban J connectivity index is 2.35. The molecule has 0 radical (unpaired) electrons. The van der Waals surface area contributed by atoms with Gasteiger partial charge in [0.25, 0.3) is 0 Å². The molecule has 0 saturated heterocycles. The molecule has 0 fully saturated rings. The number of carbonyl (C=O) groups excluding carboxylic acids is 2. The molecule has 0 spiro atoms. The smallest absolute Gasteiger partial charge is 0.220 e.